The summed E-state index contributed by atoms with van der Waals surface area (Å²) in [6, 6.07) is 3.36. The number of carbonyl (C=O) groups excluding carboxylic acids is 2. The van der Waals surface area contributed by atoms with Crippen LogP contribution in [0.1, 0.15) is 10.4 Å². The molecule has 1 fully saturated rings. The maximum absolute atomic E-state index is 13.7. The second-order valence-corrected chi connectivity index (χ2v) is 4.86. The highest BCUT2D eigenvalue weighted by molar-refractivity contribution is 7.81. The molecule has 9 heteroatoms. The first kappa shape index (κ1) is 16.1. The maximum Gasteiger partial charge on any atom is 0.414 e. The zero-order chi connectivity index (χ0) is 16.3. The van der Waals surface area contributed by atoms with E-state index >= 15 is 0 Å². The molecule has 1 aliphatic heterocycles. The van der Waals surface area contributed by atoms with Gasteiger partial charge in [-0.1, -0.05) is 0 Å². The predicted octanol–water partition coefficient (Wildman–Crippen LogP) is 0.895. The first-order valence-corrected chi connectivity index (χ1v) is 6.94. The number of carboxylic acid groups (broad SMARTS) is 1. The van der Waals surface area contributed by atoms with Crippen LogP contribution < -0.4 is 10.2 Å². The van der Waals surface area contributed by atoms with Gasteiger partial charge in [-0.05, 0) is 18.2 Å². The van der Waals surface area contributed by atoms with Crippen molar-refractivity contribution in [2.75, 3.05) is 23.7 Å². The molecule has 22 heavy (non-hydrogen) atoms. The molecule has 118 valence electrons. The number of nitrogens with one attached hydrogen (secondary N) is 1. The van der Waals surface area contributed by atoms with Crippen LogP contribution in [0, 0.1) is 5.82 Å². The zero-order valence-corrected chi connectivity index (χ0v) is 12.2. The molecule has 0 unspecified atom stereocenters. The van der Waals surface area contributed by atoms with Gasteiger partial charge in [0.05, 0.1) is 30.1 Å². The van der Waals surface area contributed by atoms with E-state index in [0.717, 1.165) is 12.1 Å². The van der Waals surface area contributed by atoms with Crippen LogP contribution in [-0.4, -0.2) is 48.0 Å². The van der Waals surface area contributed by atoms with E-state index in [1.807, 2.05) is 0 Å². The molecule has 7 nitrogen and oxygen atoms in total. The summed E-state index contributed by atoms with van der Waals surface area (Å²) in [5.41, 5.74) is -0.288. The summed E-state index contributed by atoms with van der Waals surface area (Å²) < 4.78 is 18.7. The molecule has 1 atom stereocenters. The van der Waals surface area contributed by atoms with Crippen LogP contribution in [0.2, 0.25) is 0 Å². The number of nitrogens with zero attached hydrogens (tertiary/aromatic N) is 1. The lowest BCUT2D eigenvalue weighted by Crippen LogP contribution is -2.35. The Balaban J connectivity index is 2.07. The zero-order valence-electron chi connectivity index (χ0n) is 11.3. The van der Waals surface area contributed by atoms with Gasteiger partial charge in [0.2, 0.25) is 5.91 Å². The van der Waals surface area contributed by atoms with Crippen LogP contribution in [0.3, 0.4) is 0 Å². The average Bonchev–Trinajstić information content (AvgIpc) is 2.85. The number of aromatic carboxylic acids is 1. The van der Waals surface area contributed by atoms with Crippen molar-refractivity contribution < 1.29 is 28.6 Å². The Morgan fingerprint density at radius 2 is 2.23 bits per heavy atom. The summed E-state index contributed by atoms with van der Waals surface area (Å²) in [6.07, 6.45) is -1.26. The van der Waals surface area contributed by atoms with Gasteiger partial charge in [-0.3, -0.25) is 9.69 Å². The molecule has 2 N–H and O–H groups in total. The van der Waals surface area contributed by atoms with Crippen molar-refractivity contribution in [2.45, 2.75) is 6.10 Å². The van der Waals surface area contributed by atoms with Gasteiger partial charge in [0.25, 0.3) is 0 Å². The smallest absolute Gasteiger partial charge is 0.414 e. The summed E-state index contributed by atoms with van der Waals surface area (Å²) in [6.45, 7) is 0.245. The van der Waals surface area contributed by atoms with E-state index in [1.54, 1.807) is 0 Å². The molecule has 2 amide bonds. The van der Waals surface area contributed by atoms with Crippen LogP contribution in [-0.2, 0) is 9.53 Å². The molecule has 1 aliphatic rings. The van der Waals surface area contributed by atoms with Gasteiger partial charge in [-0.25, -0.2) is 14.0 Å². The molecule has 1 aromatic carbocycles. The Morgan fingerprint density at radius 1 is 1.50 bits per heavy atom. The number of hydrogen-bond acceptors (Lipinski definition) is 5. The number of thiol groups is 1. The van der Waals surface area contributed by atoms with Gasteiger partial charge in [-0.15, -0.1) is 0 Å². The third-order valence-corrected chi connectivity index (χ3v) is 3.33. The summed E-state index contributed by atoms with van der Waals surface area (Å²) in [5, 5.41) is 11.3. The Labute approximate surface area is 130 Å². The Morgan fingerprint density at radius 3 is 2.82 bits per heavy atom. The number of halogens is 1. The highest BCUT2D eigenvalue weighted by atomic mass is 32.1. The first-order chi connectivity index (χ1) is 10.4. The molecule has 0 aromatic heterocycles. The van der Waals surface area contributed by atoms with Crippen LogP contribution >= 0.6 is 12.6 Å². The standard InChI is InChI=1S/C13H13FN2O5S/c14-10-3-7(1-2-9(10)12(18)19)16-5-8(21-13(16)20)4-15-11(17)6-22/h1-3,8,22H,4-6H2,(H,15,17)(H,18,19)/t8-/m0/s1. The van der Waals surface area contributed by atoms with Crippen molar-refractivity contribution in [1.82, 2.24) is 5.32 Å². The van der Waals surface area contributed by atoms with Gasteiger partial charge in [0.15, 0.2) is 0 Å². The number of ether oxygens (including phenoxy) is 1. The third kappa shape index (κ3) is 3.48. The summed E-state index contributed by atoms with van der Waals surface area (Å²) in [4.78, 5) is 34.8. The maximum atomic E-state index is 13.7. The number of amides is 2. The predicted molar refractivity (Wildman–Crippen MR) is 77.8 cm³/mol. The summed E-state index contributed by atoms with van der Waals surface area (Å²) >= 11 is 3.80. The van der Waals surface area contributed by atoms with Crippen LogP contribution in [0.25, 0.3) is 0 Å². The van der Waals surface area contributed by atoms with E-state index in [-0.39, 0.29) is 30.4 Å². The van der Waals surface area contributed by atoms with Crippen LogP contribution in [0.4, 0.5) is 14.9 Å². The summed E-state index contributed by atoms with van der Waals surface area (Å²) in [5.74, 6) is -2.61. The molecular formula is C13H13FN2O5S. The largest absolute Gasteiger partial charge is 0.478 e. The fourth-order valence-electron chi connectivity index (χ4n) is 1.97. The number of rotatable bonds is 5. The number of benzene rings is 1. The lowest BCUT2D eigenvalue weighted by Gasteiger charge is -2.13. The first-order valence-electron chi connectivity index (χ1n) is 6.31. The molecule has 1 aromatic rings. The average molecular weight is 328 g/mol. The van der Waals surface area contributed by atoms with E-state index < -0.39 is 29.5 Å². The number of carboxylic acids is 1. The monoisotopic (exact) mass is 328 g/mol. The molecule has 1 heterocycles. The number of carbonyl (C=O) groups is 3. The van der Waals surface area contributed by atoms with Crippen molar-refractivity contribution in [3.05, 3.63) is 29.6 Å². The minimum absolute atomic E-state index is 0.0201. The van der Waals surface area contributed by atoms with Crippen molar-refractivity contribution in [3.8, 4) is 0 Å². The number of anilines is 1. The Hall–Kier alpha value is -2.29. The Kier molecular flexibility index (Phi) is 4.86. The molecule has 0 bridgehead atoms. The quantitative estimate of drug-likeness (QED) is 0.698. The second kappa shape index (κ2) is 6.65. The van der Waals surface area contributed by atoms with Crippen LogP contribution in [0.5, 0.6) is 0 Å². The molecule has 0 saturated carbocycles. The van der Waals surface area contributed by atoms with Crippen LogP contribution in [0.15, 0.2) is 18.2 Å². The normalized spacial score (nSPS) is 17.3. The lowest BCUT2D eigenvalue weighted by atomic mass is 10.2. The Bertz CT molecular complexity index is 624. The minimum Gasteiger partial charge on any atom is -0.478 e. The topological polar surface area (TPSA) is 95.9 Å². The minimum atomic E-state index is -1.39. The van der Waals surface area contributed by atoms with Crippen molar-refractivity contribution >= 4 is 36.3 Å². The van der Waals surface area contributed by atoms with Crippen molar-refractivity contribution in [2.24, 2.45) is 0 Å². The number of cyclic esters (lactones) is 1. The van der Waals surface area contributed by atoms with E-state index in [4.69, 9.17) is 9.84 Å². The molecular weight excluding hydrogens is 315 g/mol. The van der Waals surface area contributed by atoms with Gasteiger partial charge in [0, 0.05) is 0 Å². The SMILES string of the molecule is O=C(CS)NC[C@H]1CN(c2ccc(C(=O)O)c(F)c2)C(=O)O1. The van der Waals surface area contributed by atoms with E-state index in [9.17, 15) is 18.8 Å². The molecule has 1 saturated heterocycles. The lowest BCUT2D eigenvalue weighted by molar-refractivity contribution is -0.118. The van der Waals surface area contributed by atoms with E-state index in [0.29, 0.717) is 0 Å². The van der Waals surface area contributed by atoms with Crippen molar-refractivity contribution in [3.63, 3.8) is 0 Å². The van der Waals surface area contributed by atoms with Gasteiger partial charge >= 0.3 is 12.1 Å². The van der Waals surface area contributed by atoms with Gasteiger partial charge in [0.1, 0.15) is 11.9 Å². The van der Waals surface area contributed by atoms with Gasteiger partial charge in [-0.2, -0.15) is 12.6 Å². The second-order valence-electron chi connectivity index (χ2n) is 4.55. The highest BCUT2D eigenvalue weighted by Crippen LogP contribution is 2.23. The van der Waals surface area contributed by atoms with Crippen molar-refractivity contribution in [1.29, 1.82) is 0 Å². The van der Waals surface area contributed by atoms with Gasteiger partial charge < -0.3 is 15.2 Å². The molecule has 0 radical (unpaired) electrons. The molecule has 0 spiro atoms. The fourth-order valence-corrected chi connectivity index (χ4v) is 2.08. The fraction of sp³-hybridized carbons (Fsp3) is 0.308. The molecule has 2 rings (SSSR count). The number of hydrogen-bond donors (Lipinski definition) is 3. The van der Waals surface area contributed by atoms with E-state index in [2.05, 4.69) is 17.9 Å². The molecule has 0 aliphatic carbocycles. The van der Waals surface area contributed by atoms with E-state index in [1.165, 1.54) is 11.0 Å². The highest BCUT2D eigenvalue weighted by Gasteiger charge is 2.33. The third-order valence-electron chi connectivity index (χ3n) is 3.04. The summed E-state index contributed by atoms with van der Waals surface area (Å²) in [7, 11) is 0.